The van der Waals surface area contributed by atoms with E-state index < -0.39 is 0 Å². The number of halogens is 2. The number of fused-ring (bicyclic) bond motifs is 1. The second kappa shape index (κ2) is 8.36. The third-order valence-electron chi connectivity index (χ3n) is 3.28. The molecule has 1 aromatic rings. The van der Waals surface area contributed by atoms with Gasteiger partial charge in [0.25, 0.3) is 5.91 Å². The molecule has 1 N–H and O–H groups in total. The Hall–Kier alpha value is -1.31. The zero-order valence-corrected chi connectivity index (χ0v) is 14.9. The third kappa shape index (κ3) is 4.34. The van der Waals surface area contributed by atoms with Crippen molar-refractivity contribution in [3.63, 3.8) is 0 Å². The zero-order chi connectivity index (χ0) is 15.4. The lowest BCUT2D eigenvalue weighted by Gasteiger charge is -2.30. The Morgan fingerprint density at radius 2 is 2.23 bits per heavy atom. The molecular weight excluding hydrogens is 374 g/mol. The Bertz CT molecular complexity index is 556. The average Bonchev–Trinajstić information content (AvgIpc) is 2.47. The summed E-state index contributed by atoms with van der Waals surface area (Å²) in [5, 5.41) is 2.99. The fraction of sp³-hybridized carbons (Fsp3) is 0.429. The van der Waals surface area contributed by atoms with Gasteiger partial charge in [-0.2, -0.15) is 0 Å². The Morgan fingerprint density at radius 1 is 1.50 bits per heavy atom. The van der Waals surface area contributed by atoms with Crippen LogP contribution in [0.5, 0.6) is 5.75 Å². The summed E-state index contributed by atoms with van der Waals surface area (Å²) in [6.07, 6.45) is 0. The van der Waals surface area contributed by atoms with Gasteiger partial charge in [-0.05, 0) is 25.2 Å². The lowest BCUT2D eigenvalue weighted by molar-refractivity contribution is -0.130. The zero-order valence-electron chi connectivity index (χ0n) is 12.5. The number of anilines is 1. The van der Waals surface area contributed by atoms with Gasteiger partial charge < -0.3 is 15.0 Å². The van der Waals surface area contributed by atoms with Crippen molar-refractivity contribution in [1.29, 1.82) is 0 Å². The predicted octanol–water partition coefficient (Wildman–Crippen LogP) is 1.27. The molecule has 2 rings (SSSR count). The fourth-order valence-corrected chi connectivity index (χ4v) is 2.35. The van der Waals surface area contributed by atoms with E-state index in [1.807, 2.05) is 13.1 Å². The molecule has 0 saturated heterocycles. The van der Waals surface area contributed by atoms with Crippen molar-refractivity contribution in [2.75, 3.05) is 45.2 Å². The monoisotopic (exact) mass is 391 g/mol. The molecule has 0 atom stereocenters. The highest BCUT2D eigenvalue weighted by atomic mass is 79.9. The number of carbonyl (C=O) groups is 2. The van der Waals surface area contributed by atoms with Crippen LogP contribution >= 0.6 is 28.3 Å². The van der Waals surface area contributed by atoms with Crippen molar-refractivity contribution in [2.24, 2.45) is 0 Å². The first-order chi connectivity index (χ1) is 10.0. The number of likely N-dealkylation sites (N-methyl/N-ethyl adjacent to an activating group) is 2. The van der Waals surface area contributed by atoms with Crippen molar-refractivity contribution in [2.45, 2.75) is 0 Å². The summed E-state index contributed by atoms with van der Waals surface area (Å²) in [6, 6.07) is 5.39. The minimum atomic E-state index is -0.208. The lowest BCUT2D eigenvalue weighted by atomic mass is 10.2. The van der Waals surface area contributed by atoms with Crippen LogP contribution in [0.1, 0.15) is 0 Å². The lowest BCUT2D eigenvalue weighted by Crippen LogP contribution is -2.46. The van der Waals surface area contributed by atoms with Crippen LogP contribution < -0.4 is 15.0 Å². The van der Waals surface area contributed by atoms with Crippen LogP contribution in [0.4, 0.5) is 5.69 Å². The molecular formula is C14H19BrClN3O3. The summed E-state index contributed by atoms with van der Waals surface area (Å²) in [5.41, 5.74) is 0.629. The SMILES string of the molecule is CNCCN(C)C(=O)CN1C(=O)COc2cc(Br)ccc21.Cl. The van der Waals surface area contributed by atoms with E-state index in [0.29, 0.717) is 24.5 Å². The van der Waals surface area contributed by atoms with E-state index in [4.69, 9.17) is 4.74 Å². The number of carbonyl (C=O) groups excluding carboxylic acids is 2. The molecule has 1 aliphatic heterocycles. The molecule has 0 spiro atoms. The molecule has 0 unspecified atom stereocenters. The van der Waals surface area contributed by atoms with Crippen LogP contribution in [-0.4, -0.2) is 57.1 Å². The average molecular weight is 393 g/mol. The van der Waals surface area contributed by atoms with Gasteiger partial charge in [0.1, 0.15) is 12.3 Å². The molecule has 1 aromatic carbocycles. The van der Waals surface area contributed by atoms with E-state index >= 15 is 0 Å². The number of nitrogens with one attached hydrogen (secondary N) is 1. The number of hydrogen-bond donors (Lipinski definition) is 1. The van der Waals surface area contributed by atoms with Crippen LogP contribution in [0.3, 0.4) is 0 Å². The van der Waals surface area contributed by atoms with Crippen molar-refractivity contribution in [3.05, 3.63) is 22.7 Å². The minimum Gasteiger partial charge on any atom is -0.482 e. The molecule has 122 valence electrons. The molecule has 0 saturated carbocycles. The van der Waals surface area contributed by atoms with Gasteiger partial charge in [-0.15, -0.1) is 12.4 Å². The van der Waals surface area contributed by atoms with Gasteiger partial charge in [0.05, 0.1) is 5.69 Å². The summed E-state index contributed by atoms with van der Waals surface area (Å²) in [4.78, 5) is 27.3. The van der Waals surface area contributed by atoms with Gasteiger partial charge in [-0.1, -0.05) is 15.9 Å². The van der Waals surface area contributed by atoms with Crippen LogP contribution in [0.15, 0.2) is 22.7 Å². The van der Waals surface area contributed by atoms with Gasteiger partial charge in [-0.25, -0.2) is 0 Å². The van der Waals surface area contributed by atoms with Crippen molar-refractivity contribution < 1.29 is 14.3 Å². The van der Waals surface area contributed by atoms with Crippen molar-refractivity contribution in [3.8, 4) is 5.75 Å². The van der Waals surface area contributed by atoms with Gasteiger partial charge in [0.15, 0.2) is 6.61 Å². The van der Waals surface area contributed by atoms with E-state index in [-0.39, 0.29) is 37.4 Å². The van der Waals surface area contributed by atoms with E-state index in [0.717, 1.165) is 4.47 Å². The van der Waals surface area contributed by atoms with E-state index in [2.05, 4.69) is 21.2 Å². The molecule has 1 heterocycles. The van der Waals surface area contributed by atoms with E-state index in [1.54, 1.807) is 24.1 Å². The maximum atomic E-state index is 12.2. The van der Waals surface area contributed by atoms with Crippen LogP contribution in [-0.2, 0) is 9.59 Å². The molecule has 0 aliphatic carbocycles. The first-order valence-electron chi connectivity index (χ1n) is 6.64. The topological polar surface area (TPSA) is 61.9 Å². The molecule has 0 bridgehead atoms. The fourth-order valence-electron chi connectivity index (χ4n) is 2.01. The largest absolute Gasteiger partial charge is 0.482 e. The highest BCUT2D eigenvalue weighted by Gasteiger charge is 2.28. The maximum Gasteiger partial charge on any atom is 0.265 e. The smallest absolute Gasteiger partial charge is 0.265 e. The second-order valence-electron chi connectivity index (χ2n) is 4.80. The number of hydrogen-bond acceptors (Lipinski definition) is 4. The Kier molecular flexibility index (Phi) is 7.12. The summed E-state index contributed by atoms with van der Waals surface area (Å²) in [7, 11) is 3.56. The van der Waals surface area contributed by atoms with Crippen LogP contribution in [0.2, 0.25) is 0 Å². The first kappa shape index (κ1) is 18.7. The van der Waals surface area contributed by atoms with Crippen LogP contribution in [0.25, 0.3) is 0 Å². The maximum absolute atomic E-state index is 12.2. The highest BCUT2D eigenvalue weighted by Crippen LogP contribution is 2.34. The highest BCUT2D eigenvalue weighted by molar-refractivity contribution is 9.10. The minimum absolute atomic E-state index is 0. The van der Waals surface area contributed by atoms with Gasteiger partial charge in [0, 0.05) is 24.6 Å². The Balaban J connectivity index is 0.00000242. The molecule has 22 heavy (non-hydrogen) atoms. The van der Waals surface area contributed by atoms with Gasteiger partial charge in [-0.3, -0.25) is 14.5 Å². The summed E-state index contributed by atoms with van der Waals surface area (Å²) < 4.78 is 6.27. The molecule has 8 heteroatoms. The molecule has 2 amide bonds. The number of ether oxygens (including phenoxy) is 1. The third-order valence-corrected chi connectivity index (χ3v) is 3.77. The molecule has 1 aliphatic rings. The standard InChI is InChI=1S/C14H18BrN3O3.ClH/c1-16-5-6-17(2)13(19)8-18-11-4-3-10(15)7-12(11)21-9-14(18)20;/h3-4,7,16H,5-6,8-9H2,1-2H3;1H. The normalized spacial score (nSPS) is 13.0. The first-order valence-corrected chi connectivity index (χ1v) is 7.43. The number of nitrogens with zero attached hydrogens (tertiary/aromatic N) is 2. The number of amides is 2. The Morgan fingerprint density at radius 3 is 2.91 bits per heavy atom. The summed E-state index contributed by atoms with van der Waals surface area (Å²) in [6.45, 7) is 1.29. The predicted molar refractivity (Wildman–Crippen MR) is 90.8 cm³/mol. The van der Waals surface area contributed by atoms with Crippen molar-refractivity contribution >= 4 is 45.8 Å². The Labute approximate surface area is 144 Å². The number of rotatable bonds is 5. The van der Waals surface area contributed by atoms with E-state index in [9.17, 15) is 9.59 Å². The summed E-state index contributed by atoms with van der Waals surface area (Å²) in [5.74, 6) is 0.296. The second-order valence-corrected chi connectivity index (χ2v) is 5.72. The van der Waals surface area contributed by atoms with E-state index in [1.165, 1.54) is 4.90 Å². The molecule has 0 radical (unpaired) electrons. The van der Waals surface area contributed by atoms with Gasteiger partial charge in [0.2, 0.25) is 5.91 Å². The molecule has 0 fully saturated rings. The van der Waals surface area contributed by atoms with Gasteiger partial charge >= 0.3 is 0 Å². The molecule has 0 aromatic heterocycles. The summed E-state index contributed by atoms with van der Waals surface area (Å²) >= 11 is 3.36. The van der Waals surface area contributed by atoms with Crippen LogP contribution in [0, 0.1) is 0 Å². The quantitative estimate of drug-likeness (QED) is 0.820. The van der Waals surface area contributed by atoms with Crippen molar-refractivity contribution in [1.82, 2.24) is 10.2 Å². The number of benzene rings is 1. The molecule has 6 nitrogen and oxygen atoms in total.